The maximum absolute atomic E-state index is 14.0. The molecular weight excluding hydrogens is 442 g/mol. The van der Waals surface area contributed by atoms with Gasteiger partial charge in [0.05, 0.1) is 0 Å². The van der Waals surface area contributed by atoms with Crippen LogP contribution in [0.2, 0.25) is 0 Å². The van der Waals surface area contributed by atoms with Crippen LogP contribution in [0.3, 0.4) is 0 Å². The predicted molar refractivity (Wildman–Crippen MR) is 91.8 cm³/mol. The van der Waals surface area contributed by atoms with Gasteiger partial charge in [-0.05, 0) is 6.92 Å². The minimum Gasteiger partial charge on any atom is -0.459 e. The minimum atomic E-state index is -6.08. The van der Waals surface area contributed by atoms with E-state index in [1.165, 1.54) is 25.1 Å². The smallest absolute Gasteiger partial charge is 0.444 e. The number of carbonyl (C=O) groups is 2. The Balaban J connectivity index is 2.91. The fourth-order valence-electron chi connectivity index (χ4n) is 1.58. The maximum Gasteiger partial charge on any atom is 0.444 e. The molecule has 14 heteroatoms. The third kappa shape index (κ3) is 6.52. The molecule has 0 fully saturated rings. The highest BCUT2D eigenvalue weighted by atomic mass is 32.2. The zero-order chi connectivity index (χ0) is 23.2. The molecule has 0 aromatic heterocycles. The van der Waals surface area contributed by atoms with Gasteiger partial charge in [-0.1, -0.05) is 42.1 Å². The average molecular weight is 457 g/mol. The average Bonchev–Trinajstić information content (AvgIpc) is 2.64. The topological polar surface area (TPSA) is 129 Å². The number of aliphatic hydroxyl groups is 1. The van der Waals surface area contributed by atoms with Gasteiger partial charge < -0.3 is 14.6 Å². The number of esters is 2. The first-order chi connectivity index (χ1) is 13.7. The molecule has 1 unspecified atom stereocenters. The zero-order valence-electron chi connectivity index (χ0n) is 15.2. The molecule has 1 rings (SSSR count). The molecule has 0 heterocycles. The van der Waals surface area contributed by atoms with Crippen LogP contribution < -0.4 is 0 Å². The molecule has 0 spiro atoms. The molecule has 0 amide bonds. The summed E-state index contributed by atoms with van der Waals surface area (Å²) in [6, 6.07) is 5.53. The lowest BCUT2D eigenvalue weighted by atomic mass is 10.1. The summed E-state index contributed by atoms with van der Waals surface area (Å²) in [5.74, 6) is -3.34. The first kappa shape index (κ1) is 25.0. The molecule has 0 saturated carbocycles. The van der Waals surface area contributed by atoms with Crippen molar-refractivity contribution in [1.82, 2.24) is 0 Å². The van der Waals surface area contributed by atoms with Gasteiger partial charge in [-0.15, -0.1) is 0 Å². The van der Waals surface area contributed by atoms with Gasteiger partial charge >= 0.3 is 33.4 Å². The quantitative estimate of drug-likeness (QED) is 0.148. The van der Waals surface area contributed by atoms with E-state index in [0.717, 1.165) is 12.1 Å². The molecule has 0 bridgehead atoms. The highest BCUT2D eigenvalue weighted by Gasteiger charge is 2.55. The van der Waals surface area contributed by atoms with Gasteiger partial charge in [0.1, 0.15) is 13.2 Å². The lowest BCUT2D eigenvalue weighted by molar-refractivity contribution is -0.173. The van der Waals surface area contributed by atoms with Crippen LogP contribution in [0.4, 0.5) is 17.6 Å². The molecule has 0 aliphatic heterocycles. The van der Waals surface area contributed by atoms with Crippen LogP contribution in [0.1, 0.15) is 12.5 Å². The number of ether oxygens (including phenoxy) is 2. The summed E-state index contributed by atoms with van der Waals surface area (Å²) in [5, 5.41) is 6.71. The second kappa shape index (κ2) is 9.67. The highest BCUT2D eigenvalue weighted by Crippen LogP contribution is 2.25. The van der Waals surface area contributed by atoms with E-state index in [-0.39, 0.29) is 5.57 Å². The first-order valence-corrected chi connectivity index (χ1v) is 9.16. The molecule has 0 aliphatic carbocycles. The van der Waals surface area contributed by atoms with Crippen molar-refractivity contribution in [3.05, 3.63) is 48.0 Å². The van der Waals surface area contributed by atoms with E-state index in [0.29, 0.717) is 0 Å². The Morgan fingerprint density at radius 2 is 1.63 bits per heavy atom. The number of nitrogens with zero attached hydrogens (tertiary/aromatic N) is 1. The van der Waals surface area contributed by atoms with Gasteiger partial charge in [0.25, 0.3) is 0 Å². The molecule has 1 N–H and O–H groups in total. The number of alkyl halides is 4. The third-order valence-corrected chi connectivity index (χ3v) is 4.12. The number of benzene rings is 1. The van der Waals surface area contributed by atoms with Crippen molar-refractivity contribution in [2.45, 2.75) is 18.3 Å². The Bertz CT molecular complexity index is 926. The lowest BCUT2D eigenvalue weighted by Gasteiger charge is -2.16. The van der Waals surface area contributed by atoms with Gasteiger partial charge in [0.2, 0.25) is 0 Å². The monoisotopic (exact) mass is 457 g/mol. The largest absolute Gasteiger partial charge is 0.459 e. The Morgan fingerprint density at radius 1 is 1.10 bits per heavy atom. The molecule has 0 saturated heterocycles. The van der Waals surface area contributed by atoms with E-state index >= 15 is 0 Å². The van der Waals surface area contributed by atoms with Crippen molar-refractivity contribution in [1.29, 1.82) is 0 Å². The fraction of sp³-hybridized carbons (Fsp3) is 0.312. The van der Waals surface area contributed by atoms with Crippen molar-refractivity contribution in [2.24, 2.45) is 5.16 Å². The molecule has 9 nitrogen and oxygen atoms in total. The van der Waals surface area contributed by atoms with Crippen LogP contribution in [0.5, 0.6) is 0 Å². The van der Waals surface area contributed by atoms with Crippen molar-refractivity contribution >= 4 is 27.8 Å². The second-order valence-corrected chi connectivity index (χ2v) is 7.04. The van der Waals surface area contributed by atoms with Crippen LogP contribution in [0.15, 0.2) is 47.6 Å². The molecule has 0 aliphatic rings. The number of hydrogen-bond donors (Lipinski definition) is 1. The molecule has 0 radical (unpaired) electrons. The zero-order valence-corrected chi connectivity index (χ0v) is 16.0. The summed E-state index contributed by atoms with van der Waals surface area (Å²) in [4.78, 5) is 22.5. The summed E-state index contributed by atoms with van der Waals surface area (Å²) in [5.41, 5.74) is -2.52. The molecule has 30 heavy (non-hydrogen) atoms. The Labute approximate surface area is 167 Å². The molecule has 1 aromatic carbocycles. The minimum absolute atomic E-state index is 0.0175. The standard InChI is InChI=1S/C16H15F4NO8S/c1-10(2)13(22)27-8-9-28-14(23)16(20,24)30(25,26)29-21-12(15(17,18)19)11-6-4-3-5-7-11/h3-7,24H,1,8-9H2,2H3. The maximum atomic E-state index is 14.0. The number of hydrogen-bond acceptors (Lipinski definition) is 9. The van der Waals surface area contributed by atoms with E-state index in [9.17, 15) is 40.7 Å². The van der Waals surface area contributed by atoms with Crippen molar-refractivity contribution in [2.75, 3.05) is 13.2 Å². The summed E-state index contributed by atoms with van der Waals surface area (Å²) in [7, 11) is -6.08. The van der Waals surface area contributed by atoms with Crippen LogP contribution in [0, 0.1) is 0 Å². The molecule has 1 atom stereocenters. The van der Waals surface area contributed by atoms with Crippen molar-refractivity contribution < 1.29 is 54.4 Å². The third-order valence-electron chi connectivity index (χ3n) is 3.02. The van der Waals surface area contributed by atoms with Crippen LogP contribution in [0.25, 0.3) is 0 Å². The van der Waals surface area contributed by atoms with Gasteiger partial charge in [-0.25, -0.2) is 9.59 Å². The van der Waals surface area contributed by atoms with Crippen LogP contribution in [-0.2, 0) is 33.5 Å². The Kier molecular flexibility index (Phi) is 8.07. The van der Waals surface area contributed by atoms with E-state index in [4.69, 9.17) is 0 Å². The second-order valence-electron chi connectivity index (χ2n) is 5.45. The summed E-state index contributed by atoms with van der Waals surface area (Å²) >= 11 is 0. The lowest BCUT2D eigenvalue weighted by Crippen LogP contribution is -2.44. The van der Waals surface area contributed by atoms with Gasteiger partial charge in [0, 0.05) is 11.1 Å². The highest BCUT2D eigenvalue weighted by molar-refractivity contribution is 7.88. The normalized spacial score (nSPS) is 14.4. The van der Waals surface area contributed by atoms with E-state index in [2.05, 4.69) is 25.5 Å². The van der Waals surface area contributed by atoms with Crippen LogP contribution >= 0.6 is 0 Å². The van der Waals surface area contributed by atoms with Gasteiger partial charge in [-0.3, -0.25) is 4.28 Å². The van der Waals surface area contributed by atoms with Gasteiger partial charge in [0.15, 0.2) is 5.71 Å². The van der Waals surface area contributed by atoms with E-state index < -0.39 is 57.9 Å². The fourth-order valence-corrected chi connectivity index (χ4v) is 2.12. The number of oxime groups is 1. The van der Waals surface area contributed by atoms with Crippen LogP contribution in [-0.4, -0.2) is 55.8 Å². The Hall–Kier alpha value is -3.00. The molecule has 1 aromatic rings. The Morgan fingerprint density at radius 3 is 2.13 bits per heavy atom. The molecular formula is C16H15F4NO8S. The number of rotatable bonds is 9. The van der Waals surface area contributed by atoms with Crippen molar-refractivity contribution in [3.8, 4) is 0 Å². The van der Waals surface area contributed by atoms with E-state index in [1.54, 1.807) is 0 Å². The summed E-state index contributed by atoms with van der Waals surface area (Å²) in [6.45, 7) is 3.00. The number of halogens is 4. The summed E-state index contributed by atoms with van der Waals surface area (Å²) in [6.07, 6.45) is -5.22. The molecule has 166 valence electrons. The van der Waals surface area contributed by atoms with Gasteiger partial charge in [-0.2, -0.15) is 26.0 Å². The predicted octanol–water partition coefficient (Wildman–Crippen LogP) is 1.58. The van der Waals surface area contributed by atoms with E-state index in [1.807, 2.05) is 0 Å². The van der Waals surface area contributed by atoms with Crippen molar-refractivity contribution in [3.63, 3.8) is 0 Å². The summed E-state index contributed by atoms with van der Waals surface area (Å²) < 4.78 is 88.6. The number of carbonyl (C=O) groups excluding carboxylic acids is 2. The SMILES string of the molecule is C=C(C)C(=O)OCCOC(=O)C(O)(F)S(=O)(=O)ON=C(c1ccccc1)C(F)(F)F. The first-order valence-electron chi connectivity index (χ1n) is 7.75.